The van der Waals surface area contributed by atoms with Gasteiger partial charge in [-0.3, -0.25) is 14.4 Å². The van der Waals surface area contributed by atoms with Crippen LogP contribution in [0.2, 0.25) is 0 Å². The lowest BCUT2D eigenvalue weighted by Crippen LogP contribution is -2.49. The number of carbonyl (C=O) groups excluding carboxylic acids is 3. The zero-order valence-electron chi connectivity index (χ0n) is 17.6. The van der Waals surface area contributed by atoms with Crippen molar-refractivity contribution < 1.29 is 23.9 Å². The average molecular weight is 405 g/mol. The van der Waals surface area contributed by atoms with Gasteiger partial charge >= 0.3 is 5.97 Å². The molecule has 0 bridgehead atoms. The van der Waals surface area contributed by atoms with Gasteiger partial charge in [0.15, 0.2) is 6.61 Å². The second kappa shape index (κ2) is 11.4. The van der Waals surface area contributed by atoms with Crippen molar-refractivity contribution in [3.05, 3.63) is 29.8 Å². The molecule has 1 heterocycles. The molecule has 0 saturated carbocycles. The molecule has 2 rings (SSSR count). The van der Waals surface area contributed by atoms with E-state index >= 15 is 0 Å². The lowest BCUT2D eigenvalue weighted by Gasteiger charge is -2.38. The molecule has 1 aliphatic rings. The Morgan fingerprint density at radius 1 is 1.10 bits per heavy atom. The number of carbonyl (C=O) groups is 3. The van der Waals surface area contributed by atoms with E-state index in [9.17, 15) is 14.4 Å². The Bertz CT molecular complexity index is 679. The number of hydrogen-bond acceptors (Lipinski definition) is 5. The minimum absolute atomic E-state index is 0.151. The number of likely N-dealkylation sites (tertiary alicyclic amines) is 1. The normalized spacial score (nSPS) is 18.8. The van der Waals surface area contributed by atoms with Crippen molar-refractivity contribution >= 4 is 17.8 Å². The van der Waals surface area contributed by atoms with Gasteiger partial charge in [0, 0.05) is 17.6 Å². The first kappa shape index (κ1) is 22.7. The second-order valence-electron chi connectivity index (χ2n) is 7.50. The molecule has 2 atom stereocenters. The first-order chi connectivity index (χ1) is 13.9. The van der Waals surface area contributed by atoms with Crippen LogP contribution < -0.4 is 10.1 Å². The molecular formula is C22H32N2O5. The Morgan fingerprint density at radius 3 is 2.38 bits per heavy atom. The van der Waals surface area contributed by atoms with E-state index in [1.807, 2.05) is 13.8 Å². The summed E-state index contributed by atoms with van der Waals surface area (Å²) in [5, 5.41) is 2.51. The highest BCUT2D eigenvalue weighted by Gasteiger charge is 2.29. The number of ether oxygens (including phenoxy) is 2. The van der Waals surface area contributed by atoms with Crippen molar-refractivity contribution in [2.75, 3.05) is 19.8 Å². The number of rotatable bonds is 9. The van der Waals surface area contributed by atoms with Gasteiger partial charge < -0.3 is 19.7 Å². The first-order valence-corrected chi connectivity index (χ1v) is 10.4. The van der Waals surface area contributed by atoms with Crippen LogP contribution in [0.1, 0.15) is 63.2 Å². The van der Waals surface area contributed by atoms with E-state index in [-0.39, 0.29) is 37.0 Å². The van der Waals surface area contributed by atoms with Gasteiger partial charge in [0.25, 0.3) is 11.8 Å². The molecule has 1 fully saturated rings. The topological polar surface area (TPSA) is 84.9 Å². The number of amides is 2. The molecule has 160 valence electrons. The van der Waals surface area contributed by atoms with Gasteiger partial charge in [0.2, 0.25) is 0 Å². The van der Waals surface area contributed by atoms with Crippen LogP contribution in [-0.4, -0.2) is 54.5 Å². The van der Waals surface area contributed by atoms with E-state index < -0.39 is 5.97 Å². The molecule has 1 aromatic rings. The molecule has 0 aliphatic carbocycles. The Kier molecular flexibility index (Phi) is 8.96. The van der Waals surface area contributed by atoms with Gasteiger partial charge in [-0.1, -0.05) is 13.3 Å². The number of hydrogen-bond donors (Lipinski definition) is 1. The van der Waals surface area contributed by atoms with Crippen molar-refractivity contribution in [3.63, 3.8) is 0 Å². The maximum atomic E-state index is 12.4. The quantitative estimate of drug-likeness (QED) is 0.505. The average Bonchev–Trinajstić information content (AvgIpc) is 2.71. The third kappa shape index (κ3) is 7.07. The van der Waals surface area contributed by atoms with Gasteiger partial charge in [-0.15, -0.1) is 0 Å². The Balaban J connectivity index is 1.72. The predicted octanol–water partition coefficient (Wildman–Crippen LogP) is 2.93. The number of piperidine rings is 1. The standard InChI is InChI=1S/C22H32N2O5/c1-4-5-13-28-19-11-9-18(10-12-19)22(27)23-14-21(26)29-15-20(25)24-16(2)7-6-8-17(24)3/h9-12,16-17H,4-8,13-15H2,1-3H3,(H,23,27)/t16-,17-/m1/s1. The van der Waals surface area contributed by atoms with Gasteiger partial charge in [-0.25, -0.2) is 0 Å². The summed E-state index contributed by atoms with van der Waals surface area (Å²) in [6.45, 7) is 6.17. The summed E-state index contributed by atoms with van der Waals surface area (Å²) in [7, 11) is 0. The molecule has 7 heteroatoms. The fourth-order valence-corrected chi connectivity index (χ4v) is 3.47. The highest BCUT2D eigenvalue weighted by Crippen LogP contribution is 2.22. The second-order valence-corrected chi connectivity index (χ2v) is 7.50. The first-order valence-electron chi connectivity index (χ1n) is 10.4. The van der Waals surface area contributed by atoms with Crippen molar-refractivity contribution in [2.24, 2.45) is 0 Å². The fourth-order valence-electron chi connectivity index (χ4n) is 3.47. The summed E-state index contributed by atoms with van der Waals surface area (Å²) < 4.78 is 10.6. The molecule has 0 spiro atoms. The van der Waals surface area contributed by atoms with Gasteiger partial charge in [0.1, 0.15) is 12.3 Å². The lowest BCUT2D eigenvalue weighted by molar-refractivity contribution is -0.154. The third-order valence-corrected chi connectivity index (χ3v) is 5.11. The van der Waals surface area contributed by atoms with Crippen molar-refractivity contribution in [3.8, 4) is 5.75 Å². The summed E-state index contributed by atoms with van der Waals surface area (Å²) in [5.74, 6) is -0.507. The summed E-state index contributed by atoms with van der Waals surface area (Å²) in [4.78, 5) is 38.2. The van der Waals surface area contributed by atoms with Gasteiger partial charge in [-0.05, 0) is 63.8 Å². The monoisotopic (exact) mass is 404 g/mol. The summed E-state index contributed by atoms with van der Waals surface area (Å²) in [6, 6.07) is 7.04. The smallest absolute Gasteiger partial charge is 0.325 e. The van der Waals surface area contributed by atoms with Crippen LogP contribution in [-0.2, 0) is 14.3 Å². The van der Waals surface area contributed by atoms with E-state index in [4.69, 9.17) is 9.47 Å². The molecule has 0 unspecified atom stereocenters. The Morgan fingerprint density at radius 2 is 1.76 bits per heavy atom. The Hall–Kier alpha value is -2.57. The van der Waals surface area contributed by atoms with Crippen molar-refractivity contribution in [1.29, 1.82) is 0 Å². The molecule has 29 heavy (non-hydrogen) atoms. The van der Waals surface area contributed by atoms with E-state index in [1.54, 1.807) is 29.2 Å². The van der Waals surface area contributed by atoms with E-state index in [0.29, 0.717) is 17.9 Å². The molecule has 1 aliphatic heterocycles. The van der Waals surface area contributed by atoms with Crippen LogP contribution >= 0.6 is 0 Å². The number of benzene rings is 1. The van der Waals surface area contributed by atoms with E-state index in [2.05, 4.69) is 12.2 Å². The van der Waals surface area contributed by atoms with Crippen LogP contribution in [0.5, 0.6) is 5.75 Å². The summed E-state index contributed by atoms with van der Waals surface area (Å²) in [5.41, 5.74) is 0.424. The molecule has 1 N–H and O–H groups in total. The number of esters is 1. The molecular weight excluding hydrogens is 372 g/mol. The molecule has 7 nitrogen and oxygen atoms in total. The minimum atomic E-state index is -0.636. The largest absolute Gasteiger partial charge is 0.494 e. The molecule has 0 radical (unpaired) electrons. The number of nitrogens with zero attached hydrogens (tertiary/aromatic N) is 1. The molecule has 2 amide bonds. The SMILES string of the molecule is CCCCOc1ccc(C(=O)NCC(=O)OCC(=O)N2[C@H](C)CCC[C@H]2C)cc1. The zero-order valence-corrected chi connectivity index (χ0v) is 17.6. The maximum absolute atomic E-state index is 12.4. The minimum Gasteiger partial charge on any atom is -0.494 e. The van der Waals surface area contributed by atoms with Crippen LogP contribution in [0.25, 0.3) is 0 Å². The molecule has 0 aromatic heterocycles. The predicted molar refractivity (Wildman–Crippen MR) is 110 cm³/mol. The third-order valence-electron chi connectivity index (χ3n) is 5.11. The van der Waals surface area contributed by atoms with Crippen molar-refractivity contribution in [2.45, 2.75) is 65.0 Å². The van der Waals surface area contributed by atoms with Gasteiger partial charge in [0.05, 0.1) is 6.61 Å². The fraction of sp³-hybridized carbons (Fsp3) is 0.591. The zero-order chi connectivity index (χ0) is 21.2. The highest BCUT2D eigenvalue weighted by atomic mass is 16.5. The molecule has 1 aromatic carbocycles. The maximum Gasteiger partial charge on any atom is 0.325 e. The van der Waals surface area contributed by atoms with Crippen LogP contribution in [0.3, 0.4) is 0 Å². The lowest BCUT2D eigenvalue weighted by atomic mass is 9.97. The van der Waals surface area contributed by atoms with Crippen LogP contribution in [0.4, 0.5) is 0 Å². The van der Waals surface area contributed by atoms with Gasteiger partial charge in [-0.2, -0.15) is 0 Å². The summed E-state index contributed by atoms with van der Waals surface area (Å²) in [6.07, 6.45) is 5.05. The molecule has 1 saturated heterocycles. The number of unbranched alkanes of at least 4 members (excludes halogenated alkanes) is 1. The number of nitrogens with one attached hydrogen (secondary N) is 1. The summed E-state index contributed by atoms with van der Waals surface area (Å²) >= 11 is 0. The highest BCUT2D eigenvalue weighted by molar-refractivity contribution is 5.96. The van der Waals surface area contributed by atoms with E-state index in [0.717, 1.165) is 32.1 Å². The van der Waals surface area contributed by atoms with Crippen molar-refractivity contribution in [1.82, 2.24) is 10.2 Å². The van der Waals surface area contributed by atoms with Crippen LogP contribution in [0, 0.1) is 0 Å². The van der Waals surface area contributed by atoms with Crippen LogP contribution in [0.15, 0.2) is 24.3 Å². The Labute approximate surface area is 172 Å². The van der Waals surface area contributed by atoms with E-state index in [1.165, 1.54) is 0 Å².